The second-order valence-electron chi connectivity index (χ2n) is 3.05. The second kappa shape index (κ2) is 4.72. The molecule has 0 aliphatic rings. The van der Waals surface area contributed by atoms with Gasteiger partial charge in [0, 0.05) is 7.05 Å². The molecule has 0 saturated heterocycles. The summed E-state index contributed by atoms with van der Waals surface area (Å²) in [7, 11) is 1.53. The summed E-state index contributed by atoms with van der Waals surface area (Å²) in [4.78, 5) is 11.1. The molecule has 3 N–H and O–H groups in total. The number of hydrogen-bond donors (Lipinski definition) is 2. The Balaban J connectivity index is 2.60. The van der Waals surface area contributed by atoms with Crippen LogP contribution in [0.2, 0.25) is 0 Å². The third-order valence-electron chi connectivity index (χ3n) is 1.95. The summed E-state index contributed by atoms with van der Waals surface area (Å²) in [6.45, 7) is 0. The van der Waals surface area contributed by atoms with Gasteiger partial charge in [0.25, 0.3) is 0 Å². The summed E-state index contributed by atoms with van der Waals surface area (Å²) < 4.78 is 12.5. The van der Waals surface area contributed by atoms with Gasteiger partial charge in [-0.3, -0.25) is 4.79 Å². The molecule has 1 aromatic rings. The van der Waals surface area contributed by atoms with Crippen LogP contribution in [0.5, 0.6) is 0 Å². The molecule has 0 saturated carbocycles. The van der Waals surface area contributed by atoms with E-state index in [1.165, 1.54) is 19.2 Å². The number of rotatable bonds is 3. The van der Waals surface area contributed by atoms with Crippen molar-refractivity contribution in [3.05, 3.63) is 35.6 Å². The van der Waals surface area contributed by atoms with Crippen LogP contribution >= 0.6 is 0 Å². The zero-order chi connectivity index (χ0) is 10.6. The first-order chi connectivity index (χ1) is 6.63. The van der Waals surface area contributed by atoms with E-state index in [2.05, 4.69) is 5.32 Å². The summed E-state index contributed by atoms with van der Waals surface area (Å²) >= 11 is 0. The van der Waals surface area contributed by atoms with Crippen LogP contribution in [0.3, 0.4) is 0 Å². The topological polar surface area (TPSA) is 55.1 Å². The molecule has 0 bridgehead atoms. The average Bonchev–Trinajstić information content (AvgIpc) is 2.20. The fourth-order valence-corrected chi connectivity index (χ4v) is 1.15. The van der Waals surface area contributed by atoms with E-state index < -0.39 is 6.04 Å². The third-order valence-corrected chi connectivity index (χ3v) is 1.95. The van der Waals surface area contributed by atoms with Gasteiger partial charge in [-0.05, 0) is 24.1 Å². The maximum absolute atomic E-state index is 12.5. The van der Waals surface area contributed by atoms with Crippen LogP contribution in [-0.2, 0) is 11.2 Å². The van der Waals surface area contributed by atoms with Gasteiger partial charge in [-0.15, -0.1) is 0 Å². The van der Waals surface area contributed by atoms with Crippen molar-refractivity contribution in [3.63, 3.8) is 0 Å². The number of carbonyl (C=O) groups excluding carboxylic acids is 1. The highest BCUT2D eigenvalue weighted by atomic mass is 19.1. The summed E-state index contributed by atoms with van der Waals surface area (Å²) in [6.07, 6.45) is 0.417. The summed E-state index contributed by atoms with van der Waals surface area (Å²) in [5, 5.41) is 2.46. The van der Waals surface area contributed by atoms with E-state index in [-0.39, 0.29) is 11.7 Å². The predicted molar refractivity (Wildman–Crippen MR) is 52.1 cm³/mol. The molecule has 14 heavy (non-hydrogen) atoms. The quantitative estimate of drug-likeness (QED) is 0.737. The minimum Gasteiger partial charge on any atom is -0.358 e. The summed E-state index contributed by atoms with van der Waals surface area (Å²) in [6, 6.07) is 5.37. The van der Waals surface area contributed by atoms with E-state index in [0.29, 0.717) is 6.42 Å². The molecule has 1 aromatic carbocycles. The smallest absolute Gasteiger partial charge is 0.237 e. The first-order valence-electron chi connectivity index (χ1n) is 4.35. The first kappa shape index (κ1) is 10.7. The van der Waals surface area contributed by atoms with Crippen molar-refractivity contribution in [3.8, 4) is 0 Å². The Morgan fingerprint density at radius 1 is 1.50 bits per heavy atom. The Labute approximate surface area is 82.1 Å². The molecule has 3 nitrogen and oxygen atoms in total. The first-order valence-corrected chi connectivity index (χ1v) is 4.35. The number of amides is 1. The molecule has 0 aliphatic carbocycles. The van der Waals surface area contributed by atoms with Gasteiger partial charge in [0.1, 0.15) is 5.82 Å². The Hall–Kier alpha value is -1.42. The van der Waals surface area contributed by atoms with Gasteiger partial charge < -0.3 is 11.1 Å². The Kier molecular flexibility index (Phi) is 3.59. The number of nitrogens with two attached hydrogens (primary N) is 1. The third kappa shape index (κ3) is 2.81. The number of carbonyl (C=O) groups is 1. The van der Waals surface area contributed by atoms with Gasteiger partial charge in [0.15, 0.2) is 0 Å². The lowest BCUT2D eigenvalue weighted by Gasteiger charge is -2.09. The van der Waals surface area contributed by atoms with Crippen molar-refractivity contribution in [2.75, 3.05) is 7.05 Å². The molecule has 76 valence electrons. The second-order valence-corrected chi connectivity index (χ2v) is 3.05. The largest absolute Gasteiger partial charge is 0.358 e. The fraction of sp³-hybridized carbons (Fsp3) is 0.300. The van der Waals surface area contributed by atoms with Gasteiger partial charge >= 0.3 is 0 Å². The van der Waals surface area contributed by atoms with Gasteiger partial charge in [-0.25, -0.2) is 4.39 Å². The fourth-order valence-electron chi connectivity index (χ4n) is 1.15. The van der Waals surface area contributed by atoms with Crippen molar-refractivity contribution >= 4 is 5.91 Å². The highest BCUT2D eigenvalue weighted by Crippen LogP contribution is 2.04. The van der Waals surface area contributed by atoms with Crippen LogP contribution in [0.25, 0.3) is 0 Å². The van der Waals surface area contributed by atoms with Gasteiger partial charge in [0.2, 0.25) is 5.91 Å². The maximum Gasteiger partial charge on any atom is 0.237 e. The molecular weight excluding hydrogens is 183 g/mol. The molecule has 0 heterocycles. The van der Waals surface area contributed by atoms with Crippen molar-refractivity contribution in [2.24, 2.45) is 5.73 Å². The van der Waals surface area contributed by atoms with Crippen LogP contribution in [0.1, 0.15) is 5.56 Å². The van der Waals surface area contributed by atoms with Crippen LogP contribution in [0.4, 0.5) is 4.39 Å². The predicted octanol–water partition coefficient (Wildman–Crippen LogP) is 0.441. The summed E-state index contributed by atoms with van der Waals surface area (Å²) in [5.74, 6) is -0.503. The Bertz CT molecular complexity index is 310. The van der Waals surface area contributed by atoms with Crippen molar-refractivity contribution in [1.29, 1.82) is 0 Å². The molecule has 0 aliphatic heterocycles. The van der Waals surface area contributed by atoms with E-state index in [1.54, 1.807) is 12.1 Å². The lowest BCUT2D eigenvalue weighted by molar-refractivity contribution is -0.121. The highest BCUT2D eigenvalue weighted by Gasteiger charge is 2.11. The van der Waals surface area contributed by atoms with Crippen molar-refractivity contribution < 1.29 is 9.18 Å². The van der Waals surface area contributed by atoms with Crippen LogP contribution in [0, 0.1) is 5.82 Å². The lowest BCUT2D eigenvalue weighted by Crippen LogP contribution is -2.40. The van der Waals surface area contributed by atoms with E-state index >= 15 is 0 Å². The van der Waals surface area contributed by atoms with E-state index in [0.717, 1.165) is 5.56 Å². The highest BCUT2D eigenvalue weighted by molar-refractivity contribution is 5.81. The number of nitrogens with one attached hydrogen (secondary N) is 1. The van der Waals surface area contributed by atoms with Crippen LogP contribution in [-0.4, -0.2) is 19.0 Å². The molecule has 1 rings (SSSR count). The Morgan fingerprint density at radius 3 is 2.57 bits per heavy atom. The normalized spacial score (nSPS) is 12.2. The number of likely N-dealkylation sites (N-methyl/N-ethyl adjacent to an activating group) is 1. The molecule has 4 heteroatoms. The van der Waals surface area contributed by atoms with Crippen LogP contribution < -0.4 is 11.1 Å². The minimum absolute atomic E-state index is 0.214. The lowest BCUT2D eigenvalue weighted by atomic mass is 10.1. The van der Waals surface area contributed by atoms with Crippen molar-refractivity contribution in [2.45, 2.75) is 12.5 Å². The molecule has 1 atom stereocenters. The zero-order valence-electron chi connectivity index (χ0n) is 7.96. The van der Waals surface area contributed by atoms with E-state index in [9.17, 15) is 9.18 Å². The molecule has 1 unspecified atom stereocenters. The monoisotopic (exact) mass is 196 g/mol. The van der Waals surface area contributed by atoms with Gasteiger partial charge in [-0.2, -0.15) is 0 Å². The summed E-state index contributed by atoms with van der Waals surface area (Å²) in [5.41, 5.74) is 6.44. The molecular formula is C10H13FN2O. The SMILES string of the molecule is CNC(=O)C(N)Cc1ccc(F)cc1. The standard InChI is InChI=1S/C10H13FN2O/c1-13-10(14)9(12)6-7-2-4-8(11)5-3-7/h2-5,9H,6,12H2,1H3,(H,13,14). The van der Waals surface area contributed by atoms with Gasteiger partial charge in [0.05, 0.1) is 6.04 Å². The Morgan fingerprint density at radius 2 is 2.07 bits per heavy atom. The number of halogens is 1. The van der Waals surface area contributed by atoms with Crippen LogP contribution in [0.15, 0.2) is 24.3 Å². The molecule has 0 radical (unpaired) electrons. The minimum atomic E-state index is -0.578. The zero-order valence-corrected chi connectivity index (χ0v) is 7.96. The maximum atomic E-state index is 12.5. The van der Waals surface area contributed by atoms with E-state index in [4.69, 9.17) is 5.73 Å². The van der Waals surface area contributed by atoms with E-state index in [1.807, 2.05) is 0 Å². The average molecular weight is 196 g/mol. The number of benzene rings is 1. The van der Waals surface area contributed by atoms with Crippen molar-refractivity contribution in [1.82, 2.24) is 5.32 Å². The molecule has 0 spiro atoms. The van der Waals surface area contributed by atoms with Gasteiger partial charge in [-0.1, -0.05) is 12.1 Å². The molecule has 0 fully saturated rings. The molecule has 0 aromatic heterocycles. The number of hydrogen-bond acceptors (Lipinski definition) is 2. The molecule has 1 amide bonds.